The number of benzene rings is 2. The molecule has 0 aliphatic carbocycles. The highest BCUT2D eigenvalue weighted by atomic mass is 32.1. The monoisotopic (exact) mass is 372 g/mol. The molecule has 0 radical (unpaired) electrons. The van der Waals surface area contributed by atoms with Crippen molar-refractivity contribution in [3.63, 3.8) is 0 Å². The SMILES string of the molecule is CC(=O)Nc1ccc(NC(=O)CN(C)c2nc3c(F)cccc3s2)cc1. The lowest BCUT2D eigenvalue weighted by Crippen LogP contribution is -2.29. The number of anilines is 3. The van der Waals surface area contributed by atoms with E-state index in [4.69, 9.17) is 0 Å². The van der Waals surface area contributed by atoms with Crippen molar-refractivity contribution in [1.82, 2.24) is 4.98 Å². The summed E-state index contributed by atoms with van der Waals surface area (Å²) in [7, 11) is 1.73. The Balaban J connectivity index is 1.63. The van der Waals surface area contributed by atoms with E-state index in [9.17, 15) is 14.0 Å². The van der Waals surface area contributed by atoms with Crippen LogP contribution in [0.4, 0.5) is 20.9 Å². The van der Waals surface area contributed by atoms with E-state index in [1.807, 2.05) is 0 Å². The Hall–Kier alpha value is -3.00. The zero-order chi connectivity index (χ0) is 18.7. The minimum atomic E-state index is -0.373. The van der Waals surface area contributed by atoms with Gasteiger partial charge in [-0.25, -0.2) is 9.37 Å². The predicted molar refractivity (Wildman–Crippen MR) is 102 cm³/mol. The van der Waals surface area contributed by atoms with Gasteiger partial charge in [-0.3, -0.25) is 9.59 Å². The molecule has 0 saturated heterocycles. The van der Waals surface area contributed by atoms with Gasteiger partial charge in [-0.05, 0) is 36.4 Å². The Bertz CT molecular complexity index is 955. The number of para-hydroxylation sites is 1. The fourth-order valence-corrected chi connectivity index (χ4v) is 3.33. The second-order valence-corrected chi connectivity index (χ2v) is 6.75. The second-order valence-electron chi connectivity index (χ2n) is 5.75. The predicted octanol–water partition coefficient (Wildman–Crippen LogP) is 3.47. The van der Waals surface area contributed by atoms with E-state index < -0.39 is 0 Å². The third-order valence-corrected chi connectivity index (χ3v) is 4.69. The Kier molecular flexibility index (Phi) is 5.13. The molecule has 0 unspecified atom stereocenters. The summed E-state index contributed by atoms with van der Waals surface area (Å²) in [5.74, 6) is -0.753. The second kappa shape index (κ2) is 7.49. The molecule has 0 saturated carbocycles. The fourth-order valence-electron chi connectivity index (χ4n) is 2.39. The minimum absolute atomic E-state index is 0.0783. The number of carbonyl (C=O) groups excluding carboxylic acids is 2. The first-order valence-corrected chi connectivity index (χ1v) is 8.68. The van der Waals surface area contributed by atoms with Gasteiger partial charge in [0.15, 0.2) is 5.13 Å². The molecular weight excluding hydrogens is 355 g/mol. The molecule has 3 aromatic rings. The standard InChI is InChI=1S/C18H17FN4O2S/c1-11(24)20-12-6-8-13(9-7-12)21-16(25)10-23(2)18-22-17-14(19)4-3-5-15(17)26-18/h3-9H,10H2,1-2H3,(H,20,24)(H,21,25). The van der Waals surface area contributed by atoms with Crippen LogP contribution in [0.25, 0.3) is 10.2 Å². The Morgan fingerprint density at radius 2 is 1.77 bits per heavy atom. The van der Waals surface area contributed by atoms with Gasteiger partial charge >= 0.3 is 0 Å². The molecule has 2 N–H and O–H groups in total. The topological polar surface area (TPSA) is 74.3 Å². The van der Waals surface area contributed by atoms with Gasteiger partial charge in [0, 0.05) is 25.3 Å². The van der Waals surface area contributed by atoms with Crippen LogP contribution in [-0.2, 0) is 9.59 Å². The van der Waals surface area contributed by atoms with Gasteiger partial charge < -0.3 is 15.5 Å². The van der Waals surface area contributed by atoms with Crippen LogP contribution >= 0.6 is 11.3 Å². The highest BCUT2D eigenvalue weighted by Gasteiger charge is 2.14. The molecule has 6 nitrogen and oxygen atoms in total. The zero-order valence-electron chi connectivity index (χ0n) is 14.2. The fraction of sp³-hybridized carbons (Fsp3) is 0.167. The quantitative estimate of drug-likeness (QED) is 0.719. The summed E-state index contributed by atoms with van der Waals surface area (Å²) in [4.78, 5) is 29.2. The van der Waals surface area contributed by atoms with Gasteiger partial charge in [-0.1, -0.05) is 17.4 Å². The van der Waals surface area contributed by atoms with Crippen molar-refractivity contribution in [1.29, 1.82) is 0 Å². The molecule has 0 aliphatic rings. The molecule has 0 fully saturated rings. The smallest absolute Gasteiger partial charge is 0.243 e. The van der Waals surface area contributed by atoms with Crippen molar-refractivity contribution in [2.45, 2.75) is 6.92 Å². The van der Waals surface area contributed by atoms with Crippen molar-refractivity contribution in [2.24, 2.45) is 0 Å². The number of thiazole rings is 1. The van der Waals surface area contributed by atoms with E-state index in [0.29, 0.717) is 22.0 Å². The molecule has 0 bridgehead atoms. The Morgan fingerprint density at radius 3 is 2.38 bits per heavy atom. The van der Waals surface area contributed by atoms with E-state index in [-0.39, 0.29) is 24.2 Å². The van der Waals surface area contributed by atoms with Gasteiger partial charge in [-0.2, -0.15) is 0 Å². The van der Waals surface area contributed by atoms with Gasteiger partial charge in [-0.15, -0.1) is 0 Å². The number of nitrogens with one attached hydrogen (secondary N) is 2. The average Bonchev–Trinajstić information content (AvgIpc) is 3.02. The number of rotatable bonds is 5. The van der Waals surface area contributed by atoms with Gasteiger partial charge in [0.05, 0.1) is 11.2 Å². The number of likely N-dealkylation sites (N-methyl/N-ethyl adjacent to an activating group) is 1. The van der Waals surface area contributed by atoms with Gasteiger partial charge in [0.1, 0.15) is 11.3 Å². The molecule has 3 rings (SSSR count). The highest BCUT2D eigenvalue weighted by molar-refractivity contribution is 7.22. The molecule has 0 spiro atoms. The van der Waals surface area contributed by atoms with E-state index in [0.717, 1.165) is 4.70 Å². The lowest BCUT2D eigenvalue weighted by atomic mass is 10.2. The first kappa shape index (κ1) is 17.8. The molecule has 8 heteroatoms. The third-order valence-electron chi connectivity index (χ3n) is 3.55. The van der Waals surface area contributed by atoms with Crippen LogP contribution in [0, 0.1) is 5.82 Å². The normalized spacial score (nSPS) is 10.6. The summed E-state index contributed by atoms with van der Waals surface area (Å²) >= 11 is 1.33. The molecule has 2 aromatic carbocycles. The summed E-state index contributed by atoms with van der Waals surface area (Å²) in [6.45, 7) is 1.51. The molecule has 134 valence electrons. The van der Waals surface area contributed by atoms with Crippen LogP contribution in [0.5, 0.6) is 0 Å². The van der Waals surface area contributed by atoms with Crippen LogP contribution in [0.1, 0.15) is 6.92 Å². The number of nitrogens with zero attached hydrogens (tertiary/aromatic N) is 2. The van der Waals surface area contributed by atoms with Crippen LogP contribution in [0.2, 0.25) is 0 Å². The van der Waals surface area contributed by atoms with Crippen LogP contribution in [0.15, 0.2) is 42.5 Å². The maximum atomic E-state index is 13.7. The number of halogens is 1. The van der Waals surface area contributed by atoms with Crippen molar-refractivity contribution >= 4 is 49.9 Å². The summed E-state index contributed by atoms with van der Waals surface area (Å²) in [6.07, 6.45) is 0. The molecule has 0 atom stereocenters. The largest absolute Gasteiger partial charge is 0.342 e. The summed E-state index contributed by atoms with van der Waals surface area (Å²) in [5.41, 5.74) is 1.59. The molecule has 1 heterocycles. The van der Waals surface area contributed by atoms with Crippen molar-refractivity contribution in [3.05, 3.63) is 48.3 Å². The van der Waals surface area contributed by atoms with Gasteiger partial charge in [0.25, 0.3) is 0 Å². The Morgan fingerprint density at radius 1 is 1.12 bits per heavy atom. The number of hydrogen-bond acceptors (Lipinski definition) is 5. The summed E-state index contributed by atoms with van der Waals surface area (Å²) in [6, 6.07) is 11.6. The average molecular weight is 372 g/mol. The number of carbonyl (C=O) groups is 2. The maximum Gasteiger partial charge on any atom is 0.243 e. The van der Waals surface area contributed by atoms with Crippen molar-refractivity contribution in [2.75, 3.05) is 29.1 Å². The van der Waals surface area contributed by atoms with Crippen LogP contribution < -0.4 is 15.5 Å². The molecule has 26 heavy (non-hydrogen) atoms. The number of hydrogen-bond donors (Lipinski definition) is 2. The Labute approximate surface area is 153 Å². The first-order chi connectivity index (χ1) is 12.4. The molecule has 2 amide bonds. The molecule has 0 aliphatic heterocycles. The lowest BCUT2D eigenvalue weighted by molar-refractivity contribution is -0.115. The van der Waals surface area contributed by atoms with Crippen molar-refractivity contribution < 1.29 is 14.0 Å². The van der Waals surface area contributed by atoms with E-state index in [2.05, 4.69) is 15.6 Å². The number of fused-ring (bicyclic) bond motifs is 1. The van der Waals surface area contributed by atoms with Gasteiger partial charge in [0.2, 0.25) is 11.8 Å². The lowest BCUT2D eigenvalue weighted by Gasteiger charge is -2.15. The van der Waals surface area contributed by atoms with E-state index >= 15 is 0 Å². The van der Waals surface area contributed by atoms with Crippen molar-refractivity contribution in [3.8, 4) is 0 Å². The van der Waals surface area contributed by atoms with E-state index in [1.54, 1.807) is 48.3 Å². The minimum Gasteiger partial charge on any atom is -0.342 e. The first-order valence-electron chi connectivity index (χ1n) is 7.86. The zero-order valence-corrected chi connectivity index (χ0v) is 15.1. The third kappa shape index (κ3) is 4.15. The summed E-state index contributed by atoms with van der Waals surface area (Å²) < 4.78 is 14.5. The summed E-state index contributed by atoms with van der Waals surface area (Å²) in [5, 5.41) is 6.01. The highest BCUT2D eigenvalue weighted by Crippen LogP contribution is 2.29. The number of aromatic nitrogens is 1. The van der Waals surface area contributed by atoms with Crippen LogP contribution in [0.3, 0.4) is 0 Å². The number of amides is 2. The van der Waals surface area contributed by atoms with Crippen LogP contribution in [-0.4, -0.2) is 30.4 Å². The molecular formula is C18H17FN4O2S. The molecule has 1 aromatic heterocycles. The maximum absolute atomic E-state index is 13.7. The van der Waals surface area contributed by atoms with E-state index in [1.165, 1.54) is 24.3 Å².